The second kappa shape index (κ2) is 5.58. The van der Waals surface area contributed by atoms with Crippen molar-refractivity contribution in [2.24, 2.45) is 0 Å². The predicted octanol–water partition coefficient (Wildman–Crippen LogP) is 3.28. The van der Waals surface area contributed by atoms with Crippen LogP contribution in [0.5, 0.6) is 0 Å². The Kier molecular flexibility index (Phi) is 4.11. The van der Waals surface area contributed by atoms with Crippen LogP contribution in [-0.4, -0.2) is 11.7 Å². The zero-order valence-electron chi connectivity index (χ0n) is 10.2. The van der Waals surface area contributed by atoms with E-state index in [0.717, 1.165) is 6.42 Å². The smallest absolute Gasteiger partial charge is 0.231 e. The van der Waals surface area contributed by atoms with E-state index in [4.69, 9.17) is 0 Å². The zero-order chi connectivity index (χ0) is 12.1. The average Bonchev–Trinajstić information content (AvgIpc) is 2.74. The number of thioether (sulfide) groups is 1. The molecule has 1 aliphatic rings. The van der Waals surface area contributed by atoms with Gasteiger partial charge in [0, 0.05) is 0 Å². The fourth-order valence-electron chi connectivity index (χ4n) is 2.25. The van der Waals surface area contributed by atoms with E-state index in [-0.39, 0.29) is 10.8 Å². The lowest BCUT2D eigenvalue weighted by atomic mass is 9.99. The van der Waals surface area contributed by atoms with Crippen LogP contribution in [0.1, 0.15) is 38.2 Å². The molecule has 0 spiro atoms. The summed E-state index contributed by atoms with van der Waals surface area (Å²) in [5.41, 5.74) is 1.23. The maximum absolute atomic E-state index is 11.5. The Labute approximate surface area is 107 Å². The molecule has 0 bridgehead atoms. The van der Waals surface area contributed by atoms with Crippen LogP contribution in [-0.2, 0) is 9.67 Å². The highest BCUT2D eigenvalue weighted by Crippen LogP contribution is 2.42. The molecule has 1 N–H and O–H groups in total. The van der Waals surface area contributed by atoms with Gasteiger partial charge in [-0.05, 0) is 18.4 Å². The standard InChI is InChI=1S/C14H19NOS/c1-2-3-7-10-14(15-13(16)11-17-14)12-8-5-4-6-9-12/h4-6,8-9H,2-3,7,10-11H2,1H3,(H,15,16). The van der Waals surface area contributed by atoms with Gasteiger partial charge in [0.2, 0.25) is 5.91 Å². The van der Waals surface area contributed by atoms with Gasteiger partial charge in [0.05, 0.1) is 5.75 Å². The molecule has 1 saturated heterocycles. The second-order valence-corrected chi connectivity index (χ2v) is 5.76. The van der Waals surface area contributed by atoms with E-state index in [9.17, 15) is 4.79 Å². The minimum absolute atomic E-state index is 0.162. The molecule has 1 unspecified atom stereocenters. The molecule has 0 aliphatic carbocycles. The van der Waals surface area contributed by atoms with E-state index in [1.807, 2.05) is 18.2 Å². The molecule has 92 valence electrons. The van der Waals surface area contributed by atoms with E-state index in [0.29, 0.717) is 5.75 Å². The fraction of sp³-hybridized carbons (Fsp3) is 0.500. The van der Waals surface area contributed by atoms with Crippen molar-refractivity contribution in [3.8, 4) is 0 Å². The number of rotatable bonds is 5. The average molecular weight is 249 g/mol. The van der Waals surface area contributed by atoms with Gasteiger partial charge in [-0.25, -0.2) is 0 Å². The van der Waals surface area contributed by atoms with Gasteiger partial charge in [0.25, 0.3) is 0 Å². The molecule has 2 rings (SSSR count). The first-order valence-electron chi connectivity index (χ1n) is 6.27. The third kappa shape index (κ3) is 2.83. The molecule has 3 heteroatoms. The van der Waals surface area contributed by atoms with Crippen LogP contribution in [0.4, 0.5) is 0 Å². The molecule has 2 nitrogen and oxygen atoms in total. The summed E-state index contributed by atoms with van der Waals surface area (Å²) in [6.45, 7) is 2.20. The topological polar surface area (TPSA) is 29.1 Å². The number of benzene rings is 1. The van der Waals surface area contributed by atoms with Crippen LogP contribution in [0.2, 0.25) is 0 Å². The van der Waals surface area contributed by atoms with Crippen molar-refractivity contribution < 1.29 is 4.79 Å². The van der Waals surface area contributed by atoms with Crippen molar-refractivity contribution in [1.29, 1.82) is 0 Å². The van der Waals surface area contributed by atoms with E-state index in [1.54, 1.807) is 11.8 Å². The normalized spacial score (nSPS) is 23.7. The number of carbonyl (C=O) groups excluding carboxylic acids is 1. The van der Waals surface area contributed by atoms with E-state index in [2.05, 4.69) is 24.4 Å². The van der Waals surface area contributed by atoms with Crippen molar-refractivity contribution in [3.05, 3.63) is 35.9 Å². The largest absolute Gasteiger partial charge is 0.337 e. The predicted molar refractivity (Wildman–Crippen MR) is 72.9 cm³/mol. The van der Waals surface area contributed by atoms with Gasteiger partial charge in [0.15, 0.2) is 0 Å². The summed E-state index contributed by atoms with van der Waals surface area (Å²) in [5, 5.41) is 3.17. The molecule has 0 aromatic heterocycles. The van der Waals surface area contributed by atoms with Crippen LogP contribution in [0, 0.1) is 0 Å². The third-order valence-electron chi connectivity index (χ3n) is 3.16. The minimum atomic E-state index is -0.173. The molecule has 0 radical (unpaired) electrons. The van der Waals surface area contributed by atoms with Gasteiger partial charge in [-0.2, -0.15) is 0 Å². The first kappa shape index (κ1) is 12.5. The van der Waals surface area contributed by atoms with Crippen molar-refractivity contribution in [1.82, 2.24) is 5.32 Å². The first-order chi connectivity index (χ1) is 8.27. The number of unbranched alkanes of at least 4 members (excludes halogenated alkanes) is 2. The summed E-state index contributed by atoms with van der Waals surface area (Å²) in [7, 11) is 0. The highest BCUT2D eigenvalue weighted by Gasteiger charge is 2.39. The molecule has 1 aromatic carbocycles. The molecular formula is C14H19NOS. The van der Waals surface area contributed by atoms with Gasteiger partial charge >= 0.3 is 0 Å². The number of nitrogens with one attached hydrogen (secondary N) is 1. The number of hydrogen-bond donors (Lipinski definition) is 1. The lowest BCUT2D eigenvalue weighted by Crippen LogP contribution is -2.37. The van der Waals surface area contributed by atoms with E-state index >= 15 is 0 Å². The molecule has 0 saturated carbocycles. The summed E-state index contributed by atoms with van der Waals surface area (Å²) < 4.78 is 0. The van der Waals surface area contributed by atoms with Crippen molar-refractivity contribution in [2.75, 3.05) is 5.75 Å². The van der Waals surface area contributed by atoms with Crippen molar-refractivity contribution in [2.45, 2.75) is 37.5 Å². The third-order valence-corrected chi connectivity index (χ3v) is 4.60. The number of carbonyl (C=O) groups is 1. The Morgan fingerprint density at radius 1 is 1.29 bits per heavy atom. The fourth-order valence-corrected chi connectivity index (χ4v) is 3.48. The van der Waals surface area contributed by atoms with Crippen LogP contribution < -0.4 is 5.32 Å². The molecule has 17 heavy (non-hydrogen) atoms. The minimum Gasteiger partial charge on any atom is -0.337 e. The summed E-state index contributed by atoms with van der Waals surface area (Å²) >= 11 is 1.74. The Bertz CT molecular complexity index is 379. The maximum atomic E-state index is 11.5. The van der Waals surface area contributed by atoms with E-state index in [1.165, 1.54) is 24.8 Å². The van der Waals surface area contributed by atoms with Crippen LogP contribution in [0.3, 0.4) is 0 Å². The summed E-state index contributed by atoms with van der Waals surface area (Å²) in [6, 6.07) is 10.3. The Hall–Kier alpha value is -0.960. The maximum Gasteiger partial charge on any atom is 0.231 e. The monoisotopic (exact) mass is 249 g/mol. The Morgan fingerprint density at radius 2 is 2.06 bits per heavy atom. The highest BCUT2D eigenvalue weighted by molar-refractivity contribution is 8.01. The summed E-state index contributed by atoms with van der Waals surface area (Å²) in [6.07, 6.45) is 4.63. The molecule has 1 aliphatic heterocycles. The van der Waals surface area contributed by atoms with Crippen LogP contribution >= 0.6 is 11.8 Å². The Morgan fingerprint density at radius 3 is 2.65 bits per heavy atom. The first-order valence-corrected chi connectivity index (χ1v) is 7.26. The molecule has 1 atom stereocenters. The molecule has 1 fully saturated rings. The van der Waals surface area contributed by atoms with Gasteiger partial charge in [-0.3, -0.25) is 4.79 Å². The van der Waals surface area contributed by atoms with Crippen molar-refractivity contribution in [3.63, 3.8) is 0 Å². The molecule has 1 heterocycles. The Balaban J connectivity index is 2.16. The molecule has 1 aromatic rings. The van der Waals surface area contributed by atoms with Gasteiger partial charge < -0.3 is 5.32 Å². The van der Waals surface area contributed by atoms with Crippen LogP contribution in [0.15, 0.2) is 30.3 Å². The van der Waals surface area contributed by atoms with Crippen molar-refractivity contribution >= 4 is 17.7 Å². The highest BCUT2D eigenvalue weighted by atomic mass is 32.2. The zero-order valence-corrected chi connectivity index (χ0v) is 11.1. The SMILES string of the molecule is CCCCCC1(c2ccccc2)NC(=O)CS1. The van der Waals surface area contributed by atoms with Crippen LogP contribution in [0.25, 0.3) is 0 Å². The number of amides is 1. The quantitative estimate of drug-likeness (QED) is 0.811. The molecule has 1 amide bonds. The molecular weight excluding hydrogens is 230 g/mol. The summed E-state index contributed by atoms with van der Waals surface area (Å²) in [4.78, 5) is 11.4. The van der Waals surface area contributed by atoms with Gasteiger partial charge in [-0.1, -0.05) is 50.1 Å². The second-order valence-electron chi connectivity index (χ2n) is 4.49. The van der Waals surface area contributed by atoms with Gasteiger partial charge in [0.1, 0.15) is 4.87 Å². The number of hydrogen-bond acceptors (Lipinski definition) is 2. The lowest BCUT2D eigenvalue weighted by molar-refractivity contribution is -0.118. The van der Waals surface area contributed by atoms with Gasteiger partial charge in [-0.15, -0.1) is 11.8 Å². The van der Waals surface area contributed by atoms with E-state index < -0.39 is 0 Å². The lowest BCUT2D eigenvalue weighted by Gasteiger charge is -2.28. The summed E-state index contributed by atoms with van der Waals surface area (Å²) in [5.74, 6) is 0.747.